The van der Waals surface area contributed by atoms with E-state index in [4.69, 9.17) is 5.11 Å². The summed E-state index contributed by atoms with van der Waals surface area (Å²) in [6.45, 7) is 2.48. The fourth-order valence-corrected chi connectivity index (χ4v) is 6.57. The molecule has 1 aliphatic heterocycles. The van der Waals surface area contributed by atoms with Crippen molar-refractivity contribution in [2.45, 2.75) is 43.7 Å². The molecule has 1 unspecified atom stereocenters. The molecular weight excluding hydrogens is 338 g/mol. The zero-order chi connectivity index (χ0) is 13.3. The van der Waals surface area contributed by atoms with E-state index in [1.807, 2.05) is 6.92 Å². The Morgan fingerprint density at radius 1 is 1.61 bits per heavy atom. The van der Waals surface area contributed by atoms with Crippen LogP contribution in [0.1, 0.15) is 31.1 Å². The molecule has 1 aromatic heterocycles. The smallest absolute Gasteiger partial charge is 0.245 e. The summed E-state index contributed by atoms with van der Waals surface area (Å²) >= 11 is 4.55. The van der Waals surface area contributed by atoms with Crippen molar-refractivity contribution in [1.29, 1.82) is 0 Å². The van der Waals surface area contributed by atoms with Crippen LogP contribution in [0.3, 0.4) is 0 Å². The van der Waals surface area contributed by atoms with Crippen LogP contribution in [0.15, 0.2) is 14.7 Å². The van der Waals surface area contributed by atoms with Gasteiger partial charge in [-0.05, 0) is 41.3 Å². The van der Waals surface area contributed by atoms with Gasteiger partial charge < -0.3 is 5.11 Å². The summed E-state index contributed by atoms with van der Waals surface area (Å²) in [4.78, 5) is 0.949. The second kappa shape index (κ2) is 5.58. The van der Waals surface area contributed by atoms with Crippen molar-refractivity contribution in [3.05, 3.63) is 14.7 Å². The van der Waals surface area contributed by atoms with E-state index < -0.39 is 10.0 Å². The van der Waals surface area contributed by atoms with E-state index in [0.29, 0.717) is 15.2 Å². The Balaban J connectivity index is 2.38. The Hall–Kier alpha value is 0.0500. The maximum atomic E-state index is 12.6. The fraction of sp³-hybridized carbons (Fsp3) is 0.636. The SMILES string of the molecule is CCC1CCCN1S(=O)(=O)c1cc(CO)sc1Br. The van der Waals surface area contributed by atoms with Crippen LogP contribution in [-0.2, 0) is 16.6 Å². The largest absolute Gasteiger partial charge is 0.391 e. The molecule has 1 fully saturated rings. The Morgan fingerprint density at radius 3 is 2.89 bits per heavy atom. The van der Waals surface area contributed by atoms with Crippen LogP contribution in [0.25, 0.3) is 0 Å². The maximum Gasteiger partial charge on any atom is 0.245 e. The predicted octanol–water partition coefficient (Wildman–Crippen LogP) is 2.57. The number of thiophene rings is 1. The normalized spacial score (nSPS) is 21.6. The lowest BCUT2D eigenvalue weighted by Crippen LogP contribution is -2.35. The Kier molecular flexibility index (Phi) is 4.48. The molecule has 7 heteroatoms. The molecule has 2 rings (SSSR count). The molecule has 0 saturated carbocycles. The van der Waals surface area contributed by atoms with Gasteiger partial charge in [0.1, 0.15) is 4.90 Å². The van der Waals surface area contributed by atoms with Gasteiger partial charge in [0, 0.05) is 17.5 Å². The minimum atomic E-state index is -3.43. The molecular formula is C11H16BrNO3S2. The second-order valence-corrected chi connectivity index (χ2v) is 8.64. The summed E-state index contributed by atoms with van der Waals surface area (Å²) in [5.74, 6) is 0. The molecule has 18 heavy (non-hydrogen) atoms. The van der Waals surface area contributed by atoms with Gasteiger partial charge >= 0.3 is 0 Å². The number of sulfonamides is 1. The number of hydrogen-bond donors (Lipinski definition) is 1. The van der Waals surface area contributed by atoms with Gasteiger partial charge in [0.05, 0.1) is 10.4 Å². The lowest BCUT2D eigenvalue weighted by Gasteiger charge is -2.22. The van der Waals surface area contributed by atoms with Crippen LogP contribution in [0.4, 0.5) is 0 Å². The van der Waals surface area contributed by atoms with Crippen LogP contribution >= 0.6 is 27.3 Å². The zero-order valence-electron chi connectivity index (χ0n) is 10.1. The number of halogens is 1. The number of hydrogen-bond acceptors (Lipinski definition) is 4. The molecule has 1 saturated heterocycles. The van der Waals surface area contributed by atoms with Gasteiger partial charge in [0.25, 0.3) is 0 Å². The van der Waals surface area contributed by atoms with Gasteiger partial charge in [-0.3, -0.25) is 0 Å². The molecule has 4 nitrogen and oxygen atoms in total. The molecule has 0 aliphatic carbocycles. The number of aliphatic hydroxyl groups excluding tert-OH is 1. The zero-order valence-corrected chi connectivity index (χ0v) is 13.3. The first-order chi connectivity index (χ1) is 8.50. The second-order valence-electron chi connectivity index (χ2n) is 4.33. The Morgan fingerprint density at radius 2 is 2.33 bits per heavy atom. The molecule has 0 radical (unpaired) electrons. The van der Waals surface area contributed by atoms with E-state index >= 15 is 0 Å². The molecule has 1 atom stereocenters. The first kappa shape index (κ1) is 14.5. The standard InChI is InChI=1S/C11H16BrNO3S2/c1-2-8-4-3-5-13(8)18(15,16)10-6-9(7-14)17-11(10)12/h6,8,14H,2-5,7H2,1H3. The van der Waals surface area contributed by atoms with Gasteiger partial charge in [-0.15, -0.1) is 11.3 Å². The quantitative estimate of drug-likeness (QED) is 0.904. The van der Waals surface area contributed by atoms with Crippen LogP contribution in [-0.4, -0.2) is 30.4 Å². The number of rotatable bonds is 4. The topological polar surface area (TPSA) is 57.6 Å². The fourth-order valence-electron chi connectivity index (χ4n) is 2.31. The van der Waals surface area contributed by atoms with Crippen LogP contribution in [0.5, 0.6) is 0 Å². The summed E-state index contributed by atoms with van der Waals surface area (Å²) in [6.07, 6.45) is 2.70. The third kappa shape index (κ3) is 2.51. The van der Waals surface area contributed by atoms with E-state index in [1.165, 1.54) is 11.3 Å². The minimum absolute atomic E-state index is 0.111. The van der Waals surface area contributed by atoms with Gasteiger partial charge in [0.2, 0.25) is 10.0 Å². The van der Waals surface area contributed by atoms with Gasteiger partial charge in [0.15, 0.2) is 0 Å². The predicted molar refractivity (Wildman–Crippen MR) is 75.1 cm³/mol. The summed E-state index contributed by atoms with van der Waals surface area (Å²) in [5.41, 5.74) is 0. The van der Waals surface area contributed by atoms with Crippen LogP contribution in [0.2, 0.25) is 0 Å². The minimum Gasteiger partial charge on any atom is -0.391 e. The third-order valence-electron chi connectivity index (χ3n) is 3.24. The van der Waals surface area contributed by atoms with Crippen LogP contribution < -0.4 is 0 Å². The van der Waals surface area contributed by atoms with Gasteiger partial charge in [-0.1, -0.05) is 6.92 Å². The van der Waals surface area contributed by atoms with Crippen molar-refractivity contribution in [2.75, 3.05) is 6.54 Å². The molecule has 1 aliphatic rings. The first-order valence-corrected chi connectivity index (χ1v) is 8.96. The molecule has 1 N–H and O–H groups in total. The molecule has 102 valence electrons. The summed E-state index contributed by atoms with van der Waals surface area (Å²) in [7, 11) is -3.43. The van der Waals surface area contributed by atoms with Crippen LogP contribution in [0, 0.1) is 0 Å². The summed E-state index contributed by atoms with van der Waals surface area (Å²) < 4.78 is 27.3. The molecule has 0 spiro atoms. The summed E-state index contributed by atoms with van der Waals surface area (Å²) in [5, 5.41) is 9.09. The number of nitrogens with zero attached hydrogens (tertiary/aromatic N) is 1. The third-order valence-corrected chi connectivity index (χ3v) is 7.43. The average Bonchev–Trinajstić information content (AvgIpc) is 2.94. The van der Waals surface area contributed by atoms with E-state index in [2.05, 4.69) is 15.9 Å². The van der Waals surface area contributed by atoms with E-state index in [-0.39, 0.29) is 17.5 Å². The Bertz CT molecular complexity index is 526. The highest BCUT2D eigenvalue weighted by atomic mass is 79.9. The monoisotopic (exact) mass is 353 g/mol. The molecule has 1 aromatic rings. The molecule has 0 bridgehead atoms. The van der Waals surface area contributed by atoms with E-state index in [0.717, 1.165) is 19.3 Å². The highest BCUT2D eigenvalue weighted by Crippen LogP contribution is 2.36. The lowest BCUT2D eigenvalue weighted by atomic mass is 10.2. The van der Waals surface area contributed by atoms with Crippen molar-refractivity contribution in [1.82, 2.24) is 4.31 Å². The molecule has 0 aromatic carbocycles. The average molecular weight is 354 g/mol. The highest BCUT2D eigenvalue weighted by molar-refractivity contribution is 9.11. The van der Waals surface area contributed by atoms with Crippen molar-refractivity contribution >= 4 is 37.3 Å². The molecule has 0 amide bonds. The maximum absolute atomic E-state index is 12.6. The van der Waals surface area contributed by atoms with E-state index in [1.54, 1.807) is 10.4 Å². The number of aliphatic hydroxyl groups is 1. The van der Waals surface area contributed by atoms with Crippen molar-refractivity contribution in [3.63, 3.8) is 0 Å². The Labute approximate surface area is 120 Å². The van der Waals surface area contributed by atoms with Gasteiger partial charge in [-0.25, -0.2) is 8.42 Å². The van der Waals surface area contributed by atoms with E-state index in [9.17, 15) is 8.42 Å². The highest BCUT2D eigenvalue weighted by Gasteiger charge is 2.36. The summed E-state index contributed by atoms with van der Waals surface area (Å²) in [6, 6.07) is 1.68. The lowest BCUT2D eigenvalue weighted by molar-refractivity contribution is 0.285. The first-order valence-electron chi connectivity index (χ1n) is 5.91. The van der Waals surface area contributed by atoms with Crippen molar-refractivity contribution < 1.29 is 13.5 Å². The van der Waals surface area contributed by atoms with Gasteiger partial charge in [-0.2, -0.15) is 4.31 Å². The van der Waals surface area contributed by atoms with Crippen molar-refractivity contribution in [3.8, 4) is 0 Å². The molecule has 2 heterocycles. The van der Waals surface area contributed by atoms with Crippen molar-refractivity contribution in [2.24, 2.45) is 0 Å².